The molecule has 1 rings (SSSR count). The molecule has 0 radical (unpaired) electrons. The number of sulfone groups is 1. The summed E-state index contributed by atoms with van der Waals surface area (Å²) in [5.41, 5.74) is 0. The Balaban J connectivity index is 0.00000144. The maximum Gasteiger partial charge on any atom is 1.00 e. The van der Waals surface area contributed by atoms with Gasteiger partial charge < -0.3 is 12.9 Å². The summed E-state index contributed by atoms with van der Waals surface area (Å²) < 4.78 is 57.7. The number of hydrogen-bond acceptors (Lipinski definition) is 2. The topological polar surface area (TPSA) is 34.1 Å². The quantitative estimate of drug-likeness (QED) is 0.518. The zero-order chi connectivity index (χ0) is 9.41. The van der Waals surface area contributed by atoms with Crippen LogP contribution in [0.25, 0.3) is 0 Å². The van der Waals surface area contributed by atoms with E-state index >= 15 is 0 Å². The van der Waals surface area contributed by atoms with Crippen molar-refractivity contribution in [1.29, 1.82) is 0 Å². The molecule has 1 aliphatic heterocycles. The first-order chi connectivity index (χ1) is 5.31. The van der Waals surface area contributed by atoms with Gasteiger partial charge >= 0.3 is 58.4 Å². The molecule has 0 aromatic heterocycles. The monoisotopic (exact) mass is 240 g/mol. The van der Waals surface area contributed by atoms with Gasteiger partial charge in [-0.3, -0.25) is 0 Å². The van der Waals surface area contributed by atoms with Crippen molar-refractivity contribution in [3.05, 3.63) is 0 Å². The molecule has 13 heavy (non-hydrogen) atoms. The Morgan fingerprint density at radius 1 is 1.08 bits per heavy atom. The molecule has 0 bridgehead atoms. The molecule has 1 saturated heterocycles. The Hall–Kier alpha value is 1.44. The minimum Gasteiger partial charge on any atom is -0.449 e. The first kappa shape index (κ1) is 14.4. The molecular weight excluding hydrogens is 231 g/mol. The maximum absolute atomic E-state index is 12.1. The van der Waals surface area contributed by atoms with E-state index in [-0.39, 0.29) is 75.7 Å². The molecule has 1 heterocycles. The molecule has 0 aromatic carbocycles. The van der Waals surface area contributed by atoms with E-state index in [9.17, 15) is 21.4 Å². The summed E-state index contributed by atoms with van der Waals surface area (Å²) in [5, 5.41) is 0. The average molecular weight is 240 g/mol. The zero-order valence-corrected chi connectivity index (χ0v) is 11.3. The van der Waals surface area contributed by atoms with Crippen molar-refractivity contribution in [3.63, 3.8) is 0 Å². The van der Waals surface area contributed by atoms with Crippen LogP contribution >= 0.6 is 0 Å². The summed E-state index contributed by atoms with van der Waals surface area (Å²) in [6, 6.07) is 0. The first-order valence-electron chi connectivity index (χ1n) is 3.72. The van der Waals surface area contributed by atoms with Gasteiger partial charge in [-0.2, -0.15) is 0 Å². The molecule has 2 nitrogen and oxygen atoms in total. The minimum atomic E-state index is -4.84. The SMILES string of the molecule is O=S1(=O)CCC([B-](F)(F)F)CC1.[K+]. The minimum absolute atomic E-state index is 0. The number of halogens is 3. The van der Waals surface area contributed by atoms with E-state index in [1.807, 2.05) is 0 Å². The molecule has 0 unspecified atom stereocenters. The van der Waals surface area contributed by atoms with E-state index in [4.69, 9.17) is 0 Å². The van der Waals surface area contributed by atoms with Crippen molar-refractivity contribution < 1.29 is 72.7 Å². The molecule has 0 saturated carbocycles. The second-order valence-electron chi connectivity index (χ2n) is 3.11. The van der Waals surface area contributed by atoms with Crippen molar-refractivity contribution in [1.82, 2.24) is 0 Å². The van der Waals surface area contributed by atoms with Crippen LogP contribution in [0.3, 0.4) is 0 Å². The van der Waals surface area contributed by atoms with Crippen LogP contribution in [0.5, 0.6) is 0 Å². The maximum atomic E-state index is 12.1. The molecular formula is C5H9BF3KO2S. The van der Waals surface area contributed by atoms with Gasteiger partial charge in [0, 0.05) is 11.5 Å². The molecule has 0 aromatic rings. The molecule has 0 atom stereocenters. The third-order valence-electron chi connectivity index (χ3n) is 2.13. The van der Waals surface area contributed by atoms with Gasteiger partial charge in [-0.05, 0) is 0 Å². The Labute approximate surface area is 118 Å². The van der Waals surface area contributed by atoms with Gasteiger partial charge in [-0.1, -0.05) is 18.7 Å². The van der Waals surface area contributed by atoms with Gasteiger partial charge in [-0.15, -0.1) is 0 Å². The third-order valence-corrected chi connectivity index (χ3v) is 3.85. The standard InChI is InChI=1S/C5H9BF3O2S.K/c7-6(8,9)5-1-3-12(10,11)4-2-5;/h5H,1-4H2;/q-1;+1. The van der Waals surface area contributed by atoms with Crippen LogP contribution in [0, 0.1) is 0 Å². The normalized spacial score (nSPS) is 23.6. The van der Waals surface area contributed by atoms with Crippen LogP contribution in [0.4, 0.5) is 12.9 Å². The van der Waals surface area contributed by atoms with E-state index in [1.165, 1.54) is 0 Å². The van der Waals surface area contributed by atoms with Crippen molar-refractivity contribution in [2.75, 3.05) is 11.5 Å². The van der Waals surface area contributed by atoms with Crippen molar-refractivity contribution in [2.24, 2.45) is 0 Å². The van der Waals surface area contributed by atoms with Crippen LogP contribution < -0.4 is 51.4 Å². The second kappa shape index (κ2) is 4.98. The number of hydrogen-bond donors (Lipinski definition) is 0. The summed E-state index contributed by atoms with van der Waals surface area (Å²) >= 11 is 0. The molecule has 8 heteroatoms. The van der Waals surface area contributed by atoms with E-state index in [2.05, 4.69) is 0 Å². The molecule has 0 N–H and O–H groups in total. The summed E-state index contributed by atoms with van der Waals surface area (Å²) in [7, 11) is -3.17. The molecule has 0 aliphatic carbocycles. The fraction of sp³-hybridized carbons (Fsp3) is 1.00. The summed E-state index contributed by atoms with van der Waals surface area (Å²) in [4.78, 5) is 0. The largest absolute Gasteiger partial charge is 1.00 e. The van der Waals surface area contributed by atoms with Crippen LogP contribution in [-0.4, -0.2) is 26.9 Å². The van der Waals surface area contributed by atoms with Crippen molar-refractivity contribution in [3.8, 4) is 0 Å². The molecule has 1 fully saturated rings. The molecule has 0 amide bonds. The van der Waals surface area contributed by atoms with Crippen LogP contribution in [-0.2, 0) is 9.84 Å². The zero-order valence-electron chi connectivity index (χ0n) is 7.34. The summed E-state index contributed by atoms with van der Waals surface area (Å²) in [6.07, 6.45) is -0.488. The van der Waals surface area contributed by atoms with Gasteiger partial charge in [0.15, 0.2) is 0 Å². The smallest absolute Gasteiger partial charge is 0.449 e. The summed E-state index contributed by atoms with van der Waals surface area (Å²) in [5.74, 6) is -1.97. The Bertz CT molecular complexity index is 249. The van der Waals surface area contributed by atoms with Crippen LogP contribution in [0.1, 0.15) is 12.8 Å². The summed E-state index contributed by atoms with van der Waals surface area (Å²) in [6.45, 7) is -4.84. The van der Waals surface area contributed by atoms with Crippen molar-refractivity contribution >= 4 is 16.8 Å². The van der Waals surface area contributed by atoms with E-state index in [1.54, 1.807) is 0 Å². The first-order valence-corrected chi connectivity index (χ1v) is 5.54. The van der Waals surface area contributed by atoms with Crippen LogP contribution in [0.2, 0.25) is 5.82 Å². The van der Waals surface area contributed by atoms with E-state index < -0.39 is 22.6 Å². The Morgan fingerprint density at radius 2 is 1.46 bits per heavy atom. The van der Waals surface area contributed by atoms with E-state index in [0.29, 0.717) is 0 Å². The Kier molecular flexibility index (Phi) is 5.53. The van der Waals surface area contributed by atoms with E-state index in [0.717, 1.165) is 0 Å². The second-order valence-corrected chi connectivity index (χ2v) is 5.42. The van der Waals surface area contributed by atoms with Gasteiger partial charge in [-0.25, -0.2) is 8.42 Å². The predicted molar refractivity (Wildman–Crippen MR) is 40.7 cm³/mol. The average Bonchev–Trinajstić information content (AvgIpc) is 1.83. The predicted octanol–water partition coefficient (Wildman–Crippen LogP) is -1.58. The Morgan fingerprint density at radius 3 is 1.77 bits per heavy atom. The van der Waals surface area contributed by atoms with Crippen LogP contribution in [0.15, 0.2) is 0 Å². The molecule has 0 spiro atoms. The van der Waals surface area contributed by atoms with Crippen molar-refractivity contribution in [2.45, 2.75) is 18.7 Å². The van der Waals surface area contributed by atoms with Gasteiger partial charge in [0.1, 0.15) is 9.84 Å². The molecule has 1 aliphatic rings. The van der Waals surface area contributed by atoms with Gasteiger partial charge in [0.2, 0.25) is 0 Å². The molecule has 72 valence electrons. The fourth-order valence-electron chi connectivity index (χ4n) is 1.29. The van der Waals surface area contributed by atoms with Gasteiger partial charge in [0.25, 0.3) is 0 Å². The third kappa shape index (κ3) is 4.66. The fourth-order valence-corrected chi connectivity index (χ4v) is 2.81. The van der Waals surface area contributed by atoms with Gasteiger partial charge in [0.05, 0.1) is 0 Å². The number of rotatable bonds is 1.